The SMILES string of the molecule is COc1ccccc1CCNC(=O)CCNc1ccccc1OC(C)C. The van der Waals surface area contributed by atoms with E-state index in [2.05, 4.69) is 10.6 Å². The smallest absolute Gasteiger partial charge is 0.221 e. The summed E-state index contributed by atoms with van der Waals surface area (Å²) < 4.78 is 11.1. The fourth-order valence-corrected chi connectivity index (χ4v) is 2.61. The predicted octanol–water partition coefficient (Wildman–Crippen LogP) is 3.64. The van der Waals surface area contributed by atoms with E-state index < -0.39 is 0 Å². The largest absolute Gasteiger partial charge is 0.496 e. The molecule has 2 aromatic carbocycles. The van der Waals surface area contributed by atoms with Crippen LogP contribution in [-0.4, -0.2) is 32.2 Å². The number of carbonyl (C=O) groups is 1. The third kappa shape index (κ3) is 6.31. The molecule has 0 spiro atoms. The normalized spacial score (nSPS) is 10.5. The quantitative estimate of drug-likeness (QED) is 0.682. The molecule has 0 atom stereocenters. The number of anilines is 1. The number of hydrogen-bond donors (Lipinski definition) is 2. The number of hydrogen-bond acceptors (Lipinski definition) is 4. The number of ether oxygens (including phenoxy) is 2. The summed E-state index contributed by atoms with van der Waals surface area (Å²) in [4.78, 5) is 12.0. The monoisotopic (exact) mass is 356 g/mol. The molecular weight excluding hydrogens is 328 g/mol. The Labute approximate surface area is 155 Å². The Morgan fingerprint density at radius 2 is 1.69 bits per heavy atom. The number of amides is 1. The lowest BCUT2D eigenvalue weighted by Gasteiger charge is -2.15. The van der Waals surface area contributed by atoms with Crippen LogP contribution >= 0.6 is 0 Å². The van der Waals surface area contributed by atoms with Crippen molar-refractivity contribution >= 4 is 11.6 Å². The third-order valence-electron chi connectivity index (χ3n) is 3.83. The van der Waals surface area contributed by atoms with Crippen molar-refractivity contribution in [2.75, 3.05) is 25.5 Å². The maximum atomic E-state index is 12.0. The van der Waals surface area contributed by atoms with Crippen molar-refractivity contribution in [3.05, 3.63) is 54.1 Å². The van der Waals surface area contributed by atoms with Crippen molar-refractivity contribution in [3.63, 3.8) is 0 Å². The molecule has 0 aromatic heterocycles. The highest BCUT2D eigenvalue weighted by Crippen LogP contribution is 2.24. The zero-order valence-corrected chi connectivity index (χ0v) is 15.7. The van der Waals surface area contributed by atoms with Gasteiger partial charge in [-0.1, -0.05) is 30.3 Å². The number of rotatable bonds is 10. The van der Waals surface area contributed by atoms with E-state index in [1.807, 2.05) is 62.4 Å². The van der Waals surface area contributed by atoms with Gasteiger partial charge in [0.05, 0.1) is 18.9 Å². The van der Waals surface area contributed by atoms with Gasteiger partial charge in [-0.3, -0.25) is 4.79 Å². The number of methoxy groups -OCH3 is 1. The van der Waals surface area contributed by atoms with Crippen LogP contribution in [0.15, 0.2) is 48.5 Å². The van der Waals surface area contributed by atoms with Gasteiger partial charge in [0.15, 0.2) is 0 Å². The first kappa shape index (κ1) is 19.6. The predicted molar refractivity (Wildman–Crippen MR) is 105 cm³/mol. The van der Waals surface area contributed by atoms with Crippen molar-refractivity contribution in [1.82, 2.24) is 5.32 Å². The number of benzene rings is 2. The van der Waals surface area contributed by atoms with Crippen molar-refractivity contribution in [2.24, 2.45) is 0 Å². The van der Waals surface area contributed by atoms with E-state index in [4.69, 9.17) is 9.47 Å². The van der Waals surface area contributed by atoms with E-state index in [0.29, 0.717) is 19.5 Å². The molecule has 26 heavy (non-hydrogen) atoms. The maximum absolute atomic E-state index is 12.0. The van der Waals surface area contributed by atoms with Gasteiger partial charge in [-0.2, -0.15) is 0 Å². The van der Waals surface area contributed by atoms with Crippen LogP contribution in [0.5, 0.6) is 11.5 Å². The summed E-state index contributed by atoms with van der Waals surface area (Å²) >= 11 is 0. The van der Waals surface area contributed by atoms with Crippen LogP contribution < -0.4 is 20.1 Å². The molecule has 2 N–H and O–H groups in total. The minimum atomic E-state index is 0.0228. The maximum Gasteiger partial charge on any atom is 0.221 e. The molecule has 2 rings (SSSR count). The molecule has 0 aliphatic carbocycles. The lowest BCUT2D eigenvalue weighted by Crippen LogP contribution is -2.27. The molecule has 2 aromatic rings. The van der Waals surface area contributed by atoms with Gasteiger partial charge >= 0.3 is 0 Å². The zero-order valence-electron chi connectivity index (χ0n) is 15.7. The summed E-state index contributed by atoms with van der Waals surface area (Å²) in [6, 6.07) is 15.6. The molecule has 5 heteroatoms. The Bertz CT molecular complexity index is 701. The standard InChI is InChI=1S/C21H28N2O3/c1-16(2)26-20-11-7-5-9-18(20)22-15-13-21(24)23-14-12-17-8-4-6-10-19(17)25-3/h4-11,16,22H,12-15H2,1-3H3,(H,23,24). The van der Waals surface area contributed by atoms with E-state index in [9.17, 15) is 4.79 Å². The molecule has 5 nitrogen and oxygen atoms in total. The lowest BCUT2D eigenvalue weighted by atomic mass is 10.1. The summed E-state index contributed by atoms with van der Waals surface area (Å²) in [5.41, 5.74) is 2.00. The zero-order chi connectivity index (χ0) is 18.8. The minimum Gasteiger partial charge on any atom is -0.496 e. The lowest BCUT2D eigenvalue weighted by molar-refractivity contribution is -0.120. The Morgan fingerprint density at radius 3 is 2.42 bits per heavy atom. The van der Waals surface area contributed by atoms with Gasteiger partial charge in [0, 0.05) is 19.5 Å². The van der Waals surface area contributed by atoms with Gasteiger partial charge in [0.25, 0.3) is 0 Å². The van der Waals surface area contributed by atoms with Crippen LogP contribution in [0.25, 0.3) is 0 Å². The van der Waals surface area contributed by atoms with Gasteiger partial charge in [-0.05, 0) is 44.0 Å². The average Bonchev–Trinajstić information content (AvgIpc) is 2.63. The summed E-state index contributed by atoms with van der Waals surface area (Å²) in [5.74, 6) is 1.68. The van der Waals surface area contributed by atoms with Crippen molar-refractivity contribution in [2.45, 2.75) is 32.8 Å². The van der Waals surface area contributed by atoms with E-state index >= 15 is 0 Å². The molecule has 0 unspecified atom stereocenters. The first-order valence-electron chi connectivity index (χ1n) is 8.98. The highest BCUT2D eigenvalue weighted by atomic mass is 16.5. The molecule has 1 amide bonds. The molecule has 0 heterocycles. The van der Waals surface area contributed by atoms with E-state index in [-0.39, 0.29) is 12.0 Å². The molecule has 0 aliphatic heterocycles. The number of carbonyl (C=O) groups excluding carboxylic acids is 1. The van der Waals surface area contributed by atoms with Crippen LogP contribution in [0.4, 0.5) is 5.69 Å². The Kier molecular flexibility index (Phi) is 7.80. The first-order chi connectivity index (χ1) is 12.6. The van der Waals surface area contributed by atoms with Crippen molar-refractivity contribution < 1.29 is 14.3 Å². The van der Waals surface area contributed by atoms with Crippen LogP contribution in [0.3, 0.4) is 0 Å². The number of nitrogens with one attached hydrogen (secondary N) is 2. The Balaban J connectivity index is 1.73. The summed E-state index contributed by atoms with van der Waals surface area (Å²) in [5, 5.41) is 6.22. The van der Waals surface area contributed by atoms with Crippen LogP contribution in [-0.2, 0) is 11.2 Å². The molecule has 0 aliphatic rings. The highest BCUT2D eigenvalue weighted by molar-refractivity contribution is 5.76. The Hall–Kier alpha value is -2.69. The van der Waals surface area contributed by atoms with Gasteiger partial charge in [0.1, 0.15) is 11.5 Å². The summed E-state index contributed by atoms with van der Waals surface area (Å²) in [7, 11) is 1.66. The third-order valence-corrected chi connectivity index (χ3v) is 3.83. The van der Waals surface area contributed by atoms with Gasteiger partial charge in [-0.25, -0.2) is 0 Å². The highest BCUT2D eigenvalue weighted by Gasteiger charge is 2.07. The van der Waals surface area contributed by atoms with Gasteiger partial charge in [-0.15, -0.1) is 0 Å². The molecule has 0 bridgehead atoms. The van der Waals surface area contributed by atoms with Crippen LogP contribution in [0, 0.1) is 0 Å². The second-order valence-electron chi connectivity index (χ2n) is 6.25. The average molecular weight is 356 g/mol. The van der Waals surface area contributed by atoms with E-state index in [1.54, 1.807) is 7.11 Å². The first-order valence-corrected chi connectivity index (χ1v) is 8.98. The van der Waals surface area contributed by atoms with Gasteiger partial charge < -0.3 is 20.1 Å². The molecule has 0 saturated heterocycles. The van der Waals surface area contributed by atoms with Crippen molar-refractivity contribution in [3.8, 4) is 11.5 Å². The van der Waals surface area contributed by atoms with Crippen molar-refractivity contribution in [1.29, 1.82) is 0 Å². The number of para-hydroxylation sites is 3. The molecule has 0 saturated carbocycles. The molecular formula is C21H28N2O3. The topological polar surface area (TPSA) is 59.6 Å². The second kappa shape index (κ2) is 10.3. The van der Waals surface area contributed by atoms with E-state index in [1.165, 1.54) is 0 Å². The summed E-state index contributed by atoms with van der Waals surface area (Å²) in [6.45, 7) is 5.13. The van der Waals surface area contributed by atoms with E-state index in [0.717, 1.165) is 29.2 Å². The summed E-state index contributed by atoms with van der Waals surface area (Å²) in [6.07, 6.45) is 1.26. The fourth-order valence-electron chi connectivity index (χ4n) is 2.61. The van der Waals surface area contributed by atoms with Gasteiger partial charge in [0.2, 0.25) is 5.91 Å². The second-order valence-corrected chi connectivity index (χ2v) is 6.25. The fraction of sp³-hybridized carbons (Fsp3) is 0.381. The van der Waals surface area contributed by atoms with Crippen LogP contribution in [0.2, 0.25) is 0 Å². The van der Waals surface area contributed by atoms with Crippen LogP contribution in [0.1, 0.15) is 25.8 Å². The molecule has 140 valence electrons. The molecule has 0 fully saturated rings. The molecule has 0 radical (unpaired) electrons. The Morgan fingerprint density at radius 1 is 1.00 bits per heavy atom. The minimum absolute atomic E-state index is 0.0228.